The number of nitrogens with zero attached hydrogens (tertiary/aromatic N) is 3. The Morgan fingerprint density at radius 2 is 1.93 bits per heavy atom. The van der Waals surface area contributed by atoms with Gasteiger partial charge in [0.25, 0.3) is 0 Å². The Kier molecular flexibility index (Phi) is 5.79. The number of anilines is 1. The fraction of sp³-hybridized carbons (Fsp3) is 0.261. The van der Waals surface area contributed by atoms with Crippen molar-refractivity contribution in [3.8, 4) is 5.75 Å². The number of amides is 1. The van der Waals surface area contributed by atoms with Gasteiger partial charge in [0, 0.05) is 18.5 Å². The van der Waals surface area contributed by atoms with Gasteiger partial charge in [-0.25, -0.2) is 9.97 Å². The number of unbranched alkanes of at least 4 members (excludes halogenated alkanes) is 1. The van der Waals surface area contributed by atoms with Crippen LogP contribution in [0.4, 0.5) is 5.82 Å². The highest BCUT2D eigenvalue weighted by atomic mass is 16.5. The third-order valence-electron chi connectivity index (χ3n) is 5.15. The molecular formula is C23H25N5O2. The van der Waals surface area contributed by atoms with Gasteiger partial charge in [0.05, 0.1) is 30.9 Å². The average molecular weight is 403 g/mol. The zero-order chi connectivity index (χ0) is 20.9. The van der Waals surface area contributed by atoms with E-state index in [1.54, 1.807) is 7.11 Å². The van der Waals surface area contributed by atoms with Crippen LogP contribution in [0.25, 0.3) is 21.9 Å². The first-order valence-corrected chi connectivity index (χ1v) is 10.0. The van der Waals surface area contributed by atoms with Crippen LogP contribution in [0.15, 0.2) is 54.9 Å². The fourth-order valence-corrected chi connectivity index (χ4v) is 3.60. The molecule has 4 aromatic rings. The van der Waals surface area contributed by atoms with Crippen molar-refractivity contribution in [2.24, 2.45) is 0 Å². The van der Waals surface area contributed by atoms with Crippen molar-refractivity contribution in [1.82, 2.24) is 19.9 Å². The molecular weight excluding hydrogens is 378 g/mol. The van der Waals surface area contributed by atoms with Gasteiger partial charge in [-0.05, 0) is 36.6 Å². The van der Waals surface area contributed by atoms with Crippen LogP contribution in [-0.4, -0.2) is 34.1 Å². The molecule has 0 bridgehead atoms. The number of carbonyl (C=O) groups excluding carboxylic acids is 1. The van der Waals surface area contributed by atoms with E-state index in [9.17, 15) is 4.79 Å². The second kappa shape index (κ2) is 8.82. The summed E-state index contributed by atoms with van der Waals surface area (Å²) in [5, 5.41) is 4.04. The Balaban J connectivity index is 1.30. The molecule has 0 atom stereocenters. The maximum Gasteiger partial charge on any atom is 0.224 e. The van der Waals surface area contributed by atoms with E-state index in [2.05, 4.69) is 19.9 Å². The molecule has 2 heterocycles. The molecule has 0 unspecified atom stereocenters. The largest absolute Gasteiger partial charge is 0.497 e. The number of aryl methyl sites for hydroxylation is 1. The Bertz CT molecular complexity index is 1170. The van der Waals surface area contributed by atoms with Crippen molar-refractivity contribution in [3.05, 3.63) is 60.4 Å². The molecule has 0 fully saturated rings. The van der Waals surface area contributed by atoms with Crippen molar-refractivity contribution in [2.75, 3.05) is 19.4 Å². The Morgan fingerprint density at radius 1 is 1.13 bits per heavy atom. The Hall–Kier alpha value is -3.61. The molecule has 0 saturated heterocycles. The number of nitrogens with one attached hydrogen (secondary N) is 1. The minimum Gasteiger partial charge on any atom is -0.497 e. The maximum atomic E-state index is 12.1. The highest BCUT2D eigenvalue weighted by Crippen LogP contribution is 2.27. The second-order valence-electron chi connectivity index (χ2n) is 7.23. The summed E-state index contributed by atoms with van der Waals surface area (Å²) in [5.41, 5.74) is 9.68. The van der Waals surface area contributed by atoms with Gasteiger partial charge in [-0.2, -0.15) is 0 Å². The van der Waals surface area contributed by atoms with Gasteiger partial charge in [-0.3, -0.25) is 4.79 Å². The van der Waals surface area contributed by atoms with E-state index >= 15 is 0 Å². The third-order valence-corrected chi connectivity index (χ3v) is 5.15. The van der Waals surface area contributed by atoms with Gasteiger partial charge >= 0.3 is 0 Å². The van der Waals surface area contributed by atoms with E-state index in [-0.39, 0.29) is 5.91 Å². The number of para-hydroxylation sites is 1. The molecule has 7 nitrogen and oxygen atoms in total. The summed E-state index contributed by atoms with van der Waals surface area (Å²) in [6.07, 6.45) is 3.99. The number of ether oxygens (including phenoxy) is 1. The van der Waals surface area contributed by atoms with Crippen molar-refractivity contribution in [1.29, 1.82) is 0 Å². The number of pyridine rings is 1. The summed E-state index contributed by atoms with van der Waals surface area (Å²) < 4.78 is 7.26. The third kappa shape index (κ3) is 4.20. The lowest BCUT2D eigenvalue weighted by atomic mass is 10.1. The SMILES string of the molecule is COc1ccc(CC(=O)NCCCCn2cnc3c(N)nc4ccccc4c32)cc1. The molecule has 4 rings (SSSR count). The lowest BCUT2D eigenvalue weighted by molar-refractivity contribution is -0.120. The quantitative estimate of drug-likeness (QED) is 0.440. The molecule has 0 radical (unpaired) electrons. The summed E-state index contributed by atoms with van der Waals surface area (Å²) in [5.74, 6) is 1.27. The van der Waals surface area contributed by atoms with Crippen LogP contribution in [0.3, 0.4) is 0 Å². The van der Waals surface area contributed by atoms with Crippen molar-refractivity contribution in [3.63, 3.8) is 0 Å². The number of hydrogen-bond acceptors (Lipinski definition) is 5. The van der Waals surface area contributed by atoms with Crippen LogP contribution in [0.1, 0.15) is 18.4 Å². The van der Waals surface area contributed by atoms with Gasteiger partial charge in [0.1, 0.15) is 11.3 Å². The minimum atomic E-state index is 0.0260. The number of nitrogen functional groups attached to an aromatic ring is 1. The molecule has 0 spiro atoms. The second-order valence-corrected chi connectivity index (χ2v) is 7.23. The number of imidazole rings is 1. The van der Waals surface area contributed by atoms with E-state index in [1.807, 2.05) is 54.9 Å². The van der Waals surface area contributed by atoms with E-state index < -0.39 is 0 Å². The zero-order valence-corrected chi connectivity index (χ0v) is 17.0. The first-order valence-electron chi connectivity index (χ1n) is 10.0. The maximum absolute atomic E-state index is 12.1. The molecule has 0 aliphatic rings. The lowest BCUT2D eigenvalue weighted by Gasteiger charge is -2.09. The number of methoxy groups -OCH3 is 1. The Labute approximate surface area is 174 Å². The van der Waals surface area contributed by atoms with Gasteiger partial charge < -0.3 is 20.4 Å². The topological polar surface area (TPSA) is 95.1 Å². The van der Waals surface area contributed by atoms with E-state index in [1.165, 1.54) is 0 Å². The number of hydrogen-bond donors (Lipinski definition) is 2. The smallest absolute Gasteiger partial charge is 0.224 e. The highest BCUT2D eigenvalue weighted by Gasteiger charge is 2.11. The Morgan fingerprint density at radius 3 is 2.73 bits per heavy atom. The summed E-state index contributed by atoms with van der Waals surface area (Å²) in [6, 6.07) is 15.5. The number of nitrogens with two attached hydrogens (primary N) is 1. The molecule has 0 saturated carbocycles. The molecule has 0 aliphatic heterocycles. The molecule has 7 heteroatoms. The first kappa shape index (κ1) is 19.7. The van der Waals surface area contributed by atoms with Gasteiger partial charge in [0.2, 0.25) is 5.91 Å². The van der Waals surface area contributed by atoms with Crippen LogP contribution < -0.4 is 15.8 Å². The van der Waals surface area contributed by atoms with Gasteiger partial charge in [-0.15, -0.1) is 0 Å². The lowest BCUT2D eigenvalue weighted by Crippen LogP contribution is -2.26. The molecule has 1 amide bonds. The van der Waals surface area contributed by atoms with Gasteiger partial charge in [-0.1, -0.05) is 30.3 Å². The standard InChI is InChI=1S/C23H25N5O2/c1-30-17-10-8-16(9-11-17)14-20(29)25-12-4-5-13-28-15-26-21-22(28)18-6-2-3-7-19(18)27-23(21)24/h2-3,6-11,15H,4-5,12-14H2,1H3,(H2,24,27)(H,25,29). The minimum absolute atomic E-state index is 0.0260. The van der Waals surface area contributed by atoms with Crippen LogP contribution in [0.2, 0.25) is 0 Å². The normalized spacial score (nSPS) is 11.1. The zero-order valence-electron chi connectivity index (χ0n) is 17.0. The molecule has 154 valence electrons. The summed E-state index contributed by atoms with van der Waals surface area (Å²) in [4.78, 5) is 21.0. The number of rotatable bonds is 8. The fourth-order valence-electron chi connectivity index (χ4n) is 3.60. The predicted octanol–water partition coefficient (Wildman–Crippen LogP) is 3.31. The van der Waals surface area contributed by atoms with Crippen molar-refractivity contribution in [2.45, 2.75) is 25.8 Å². The average Bonchev–Trinajstić information content (AvgIpc) is 3.19. The highest BCUT2D eigenvalue weighted by molar-refractivity contribution is 6.06. The summed E-state index contributed by atoms with van der Waals surface area (Å²) in [7, 11) is 1.63. The number of fused-ring (bicyclic) bond motifs is 3. The first-order chi connectivity index (χ1) is 14.7. The monoisotopic (exact) mass is 403 g/mol. The predicted molar refractivity (Wildman–Crippen MR) is 118 cm³/mol. The van der Waals surface area contributed by atoms with Crippen LogP contribution in [-0.2, 0) is 17.8 Å². The van der Waals surface area contributed by atoms with Crippen molar-refractivity contribution < 1.29 is 9.53 Å². The van der Waals surface area contributed by atoms with Crippen LogP contribution in [0.5, 0.6) is 5.75 Å². The molecule has 0 aliphatic carbocycles. The van der Waals surface area contributed by atoms with Crippen LogP contribution >= 0.6 is 0 Å². The van der Waals surface area contributed by atoms with Crippen molar-refractivity contribution >= 4 is 33.7 Å². The molecule has 3 N–H and O–H groups in total. The van der Waals surface area contributed by atoms with E-state index in [0.29, 0.717) is 18.8 Å². The van der Waals surface area contributed by atoms with E-state index in [0.717, 1.165) is 52.6 Å². The summed E-state index contributed by atoms with van der Waals surface area (Å²) >= 11 is 0. The van der Waals surface area contributed by atoms with Gasteiger partial charge in [0.15, 0.2) is 5.82 Å². The molecule has 2 aromatic heterocycles. The molecule has 30 heavy (non-hydrogen) atoms. The van der Waals surface area contributed by atoms with E-state index in [4.69, 9.17) is 10.5 Å². The van der Waals surface area contributed by atoms with Crippen LogP contribution in [0, 0.1) is 0 Å². The number of carbonyl (C=O) groups is 1. The number of benzene rings is 2. The number of aromatic nitrogens is 3. The molecule has 2 aromatic carbocycles. The summed E-state index contributed by atoms with van der Waals surface area (Å²) in [6.45, 7) is 1.45.